The van der Waals surface area contributed by atoms with Gasteiger partial charge in [0, 0.05) is 12.8 Å². The molecule has 0 atom stereocenters. The Morgan fingerprint density at radius 3 is 2.32 bits per heavy atom. The molecular weight excluding hydrogens is 364 g/mol. The second-order valence-electron chi connectivity index (χ2n) is 6.59. The molecule has 2 aromatic heterocycles. The number of carbonyl (C=O) groups is 1. The van der Waals surface area contributed by atoms with Crippen LogP contribution in [0.3, 0.4) is 0 Å². The zero-order valence-electron chi connectivity index (χ0n) is 14.7. The smallest absolute Gasteiger partial charge is 0.343 e. The first-order chi connectivity index (χ1) is 13.5. The molecule has 1 aromatic carbocycles. The van der Waals surface area contributed by atoms with E-state index in [0.717, 1.165) is 0 Å². The van der Waals surface area contributed by atoms with Crippen molar-refractivity contribution in [1.29, 1.82) is 0 Å². The third kappa shape index (κ3) is 3.00. The Hall–Kier alpha value is -3.61. The Bertz CT molecular complexity index is 1340. The lowest BCUT2D eigenvalue weighted by molar-refractivity contribution is -0.117. The maximum atomic E-state index is 12.5. The number of benzene rings is 1. The Morgan fingerprint density at radius 1 is 0.893 bits per heavy atom. The molecule has 0 amide bonds. The number of para-hydroxylation sites is 1. The molecule has 1 aliphatic carbocycles. The minimum absolute atomic E-state index is 0.167. The highest BCUT2D eigenvalue weighted by molar-refractivity contribution is 5.88. The number of ketones is 1. The highest BCUT2D eigenvalue weighted by Gasteiger charge is 2.21. The molecule has 0 spiro atoms. The molecule has 0 bridgehead atoms. The van der Waals surface area contributed by atoms with Gasteiger partial charge in [0.2, 0.25) is 0 Å². The Morgan fingerprint density at radius 2 is 1.54 bits per heavy atom. The van der Waals surface area contributed by atoms with Crippen LogP contribution in [0.1, 0.15) is 24.0 Å². The van der Waals surface area contributed by atoms with Gasteiger partial charge in [0.25, 0.3) is 0 Å². The van der Waals surface area contributed by atoms with Crippen LogP contribution in [-0.2, 0) is 17.6 Å². The van der Waals surface area contributed by atoms with E-state index in [1.807, 2.05) is 0 Å². The molecule has 28 heavy (non-hydrogen) atoms. The standard InChI is InChI=1S/C21H16O7/c22-11(9-14-18(23)12-5-1-3-7-16(12)27-20(14)25)10-15-19(24)13-6-2-4-8-17(13)28-21(15)26/h1,3,5-8,23-24H,2,4,9-10H2. The fraction of sp³-hybridized carbons (Fsp3) is 0.190. The van der Waals surface area contributed by atoms with E-state index in [0.29, 0.717) is 23.4 Å². The summed E-state index contributed by atoms with van der Waals surface area (Å²) in [5, 5.41) is 21.5. The number of Topliss-reactive ketones (excluding diaryl/α,β-unsaturated/α-hetero) is 1. The van der Waals surface area contributed by atoms with Gasteiger partial charge in [-0.2, -0.15) is 0 Å². The molecule has 3 aromatic rings. The van der Waals surface area contributed by atoms with Crippen molar-refractivity contribution < 1.29 is 23.8 Å². The first-order valence-electron chi connectivity index (χ1n) is 8.76. The summed E-state index contributed by atoms with van der Waals surface area (Å²) in [6, 6.07) is 6.42. The molecule has 0 aliphatic heterocycles. The number of hydrogen-bond donors (Lipinski definition) is 2. The molecule has 2 N–H and O–H groups in total. The molecule has 2 heterocycles. The van der Waals surface area contributed by atoms with Crippen molar-refractivity contribution in [2.24, 2.45) is 0 Å². The summed E-state index contributed by atoms with van der Waals surface area (Å²) in [6.07, 6.45) is 3.97. The van der Waals surface area contributed by atoms with Gasteiger partial charge in [0.05, 0.1) is 21.7 Å². The van der Waals surface area contributed by atoms with E-state index in [9.17, 15) is 24.6 Å². The Balaban J connectivity index is 1.69. The van der Waals surface area contributed by atoms with E-state index in [2.05, 4.69) is 0 Å². The SMILES string of the molecule is O=C(Cc1c(O)c2c(oc1=O)=CCCC=2)Cc1c(O)c2ccccc2oc1=O. The fourth-order valence-electron chi connectivity index (χ4n) is 3.32. The number of aromatic hydroxyl groups is 2. The predicted octanol–water partition coefficient (Wildman–Crippen LogP) is 0.866. The summed E-state index contributed by atoms with van der Waals surface area (Å²) in [5.41, 5.74) is -1.48. The van der Waals surface area contributed by atoms with Gasteiger partial charge in [-0.05, 0) is 31.1 Å². The molecule has 0 fully saturated rings. The highest BCUT2D eigenvalue weighted by atomic mass is 16.4. The van der Waals surface area contributed by atoms with Crippen LogP contribution in [0, 0.1) is 0 Å². The van der Waals surface area contributed by atoms with Gasteiger partial charge in [0.15, 0.2) is 0 Å². The lowest BCUT2D eigenvalue weighted by Gasteiger charge is -2.08. The molecule has 7 heteroatoms. The van der Waals surface area contributed by atoms with Crippen molar-refractivity contribution in [2.75, 3.05) is 0 Å². The van der Waals surface area contributed by atoms with Gasteiger partial charge in [-0.1, -0.05) is 18.2 Å². The molecule has 142 valence electrons. The van der Waals surface area contributed by atoms with E-state index < -0.39 is 29.9 Å². The second-order valence-corrected chi connectivity index (χ2v) is 6.59. The Labute approximate surface area is 157 Å². The number of fused-ring (bicyclic) bond motifs is 2. The monoisotopic (exact) mass is 380 g/mol. The van der Waals surface area contributed by atoms with Crippen molar-refractivity contribution in [3.8, 4) is 11.5 Å². The zero-order chi connectivity index (χ0) is 19.8. The molecule has 7 nitrogen and oxygen atoms in total. The topological polar surface area (TPSA) is 118 Å². The van der Waals surface area contributed by atoms with Crippen LogP contribution in [0.2, 0.25) is 0 Å². The van der Waals surface area contributed by atoms with Gasteiger partial charge >= 0.3 is 11.3 Å². The predicted molar refractivity (Wildman–Crippen MR) is 101 cm³/mol. The first kappa shape index (κ1) is 17.8. The molecule has 4 rings (SSSR count). The minimum atomic E-state index is -0.825. The van der Waals surface area contributed by atoms with Crippen molar-refractivity contribution in [3.63, 3.8) is 0 Å². The summed E-state index contributed by atoms with van der Waals surface area (Å²) in [7, 11) is 0. The quantitative estimate of drug-likeness (QED) is 0.645. The molecule has 0 radical (unpaired) electrons. The van der Waals surface area contributed by atoms with Crippen LogP contribution in [-0.4, -0.2) is 16.0 Å². The highest BCUT2D eigenvalue weighted by Crippen LogP contribution is 2.26. The fourth-order valence-corrected chi connectivity index (χ4v) is 3.32. The summed E-state index contributed by atoms with van der Waals surface area (Å²) in [4.78, 5) is 36.8. The van der Waals surface area contributed by atoms with Crippen molar-refractivity contribution in [3.05, 3.63) is 66.9 Å². The van der Waals surface area contributed by atoms with Crippen molar-refractivity contribution >= 4 is 28.9 Å². The summed E-state index contributed by atoms with van der Waals surface area (Å²) in [5.74, 6) is -1.16. The van der Waals surface area contributed by atoms with E-state index in [4.69, 9.17) is 8.83 Å². The minimum Gasteiger partial charge on any atom is -0.507 e. The van der Waals surface area contributed by atoms with Gasteiger partial charge < -0.3 is 19.0 Å². The number of rotatable bonds is 4. The van der Waals surface area contributed by atoms with E-state index in [1.165, 1.54) is 6.07 Å². The van der Waals surface area contributed by atoms with Crippen LogP contribution >= 0.6 is 0 Å². The maximum Gasteiger partial charge on any atom is 0.343 e. The van der Waals surface area contributed by atoms with Crippen LogP contribution in [0.4, 0.5) is 0 Å². The van der Waals surface area contributed by atoms with Crippen LogP contribution < -0.4 is 21.9 Å². The van der Waals surface area contributed by atoms with Gasteiger partial charge in [-0.3, -0.25) is 4.79 Å². The molecule has 1 aliphatic rings. The van der Waals surface area contributed by atoms with E-state index in [-0.39, 0.29) is 33.6 Å². The van der Waals surface area contributed by atoms with Gasteiger partial charge in [-0.25, -0.2) is 9.59 Å². The van der Waals surface area contributed by atoms with Crippen LogP contribution in [0.15, 0.2) is 42.7 Å². The van der Waals surface area contributed by atoms with Crippen LogP contribution in [0.25, 0.3) is 23.1 Å². The van der Waals surface area contributed by atoms with E-state index >= 15 is 0 Å². The van der Waals surface area contributed by atoms with Gasteiger partial charge in [-0.15, -0.1) is 0 Å². The molecule has 0 saturated heterocycles. The largest absolute Gasteiger partial charge is 0.507 e. The first-order valence-corrected chi connectivity index (χ1v) is 8.76. The second kappa shape index (κ2) is 6.84. The summed E-state index contributed by atoms with van der Waals surface area (Å²) < 4.78 is 10.3. The third-order valence-corrected chi connectivity index (χ3v) is 4.73. The van der Waals surface area contributed by atoms with Crippen molar-refractivity contribution in [2.45, 2.75) is 25.7 Å². The lowest BCUT2D eigenvalue weighted by Crippen LogP contribution is -2.34. The molecular formula is C21H16O7. The van der Waals surface area contributed by atoms with Gasteiger partial charge in [0.1, 0.15) is 28.3 Å². The summed E-state index contributed by atoms with van der Waals surface area (Å²) in [6.45, 7) is 0. The van der Waals surface area contributed by atoms with Crippen molar-refractivity contribution in [1.82, 2.24) is 0 Å². The zero-order valence-corrected chi connectivity index (χ0v) is 14.7. The number of carbonyl (C=O) groups excluding carboxylic acids is 1. The third-order valence-electron chi connectivity index (χ3n) is 4.73. The normalized spacial score (nSPS) is 12.9. The average molecular weight is 380 g/mol. The molecule has 0 saturated carbocycles. The van der Waals surface area contributed by atoms with E-state index in [1.54, 1.807) is 30.4 Å². The number of hydrogen-bond acceptors (Lipinski definition) is 7. The lowest BCUT2D eigenvalue weighted by atomic mass is 10.0. The maximum absolute atomic E-state index is 12.5. The average Bonchev–Trinajstić information content (AvgIpc) is 2.68. The Kier molecular flexibility index (Phi) is 4.35. The van der Waals surface area contributed by atoms with Crippen LogP contribution in [0.5, 0.6) is 11.5 Å². The molecule has 0 unspecified atom stereocenters. The summed E-state index contributed by atoms with van der Waals surface area (Å²) >= 11 is 0.